The van der Waals surface area contributed by atoms with Crippen molar-refractivity contribution in [2.24, 2.45) is 7.05 Å². The molecule has 0 radical (unpaired) electrons. The van der Waals surface area contributed by atoms with Gasteiger partial charge >= 0.3 is 0 Å². The van der Waals surface area contributed by atoms with Gasteiger partial charge in [0.15, 0.2) is 9.90 Å². The van der Waals surface area contributed by atoms with Crippen molar-refractivity contribution in [3.63, 3.8) is 0 Å². The van der Waals surface area contributed by atoms with Gasteiger partial charge in [-0.15, -0.1) is 22.7 Å². The second-order valence-electron chi connectivity index (χ2n) is 4.38. The van der Waals surface area contributed by atoms with Crippen molar-refractivity contribution in [1.29, 1.82) is 0 Å². The van der Waals surface area contributed by atoms with E-state index >= 15 is 0 Å². The molecule has 0 unspecified atom stereocenters. The summed E-state index contributed by atoms with van der Waals surface area (Å²) in [5.41, 5.74) is 0.821. The van der Waals surface area contributed by atoms with Crippen LogP contribution in [0.4, 0.5) is 5.13 Å². The van der Waals surface area contributed by atoms with Crippen molar-refractivity contribution in [3.05, 3.63) is 43.0 Å². The number of anilines is 1. The molecule has 0 saturated carbocycles. The van der Waals surface area contributed by atoms with E-state index in [0.29, 0.717) is 25.5 Å². The number of nitrogens with zero attached hydrogens (tertiary/aromatic N) is 3. The number of H-pyrrole nitrogens is 1. The minimum atomic E-state index is -0.212. The molecule has 22 heavy (non-hydrogen) atoms. The van der Waals surface area contributed by atoms with E-state index in [1.54, 1.807) is 16.7 Å². The van der Waals surface area contributed by atoms with Gasteiger partial charge in [-0.1, -0.05) is 11.6 Å². The van der Waals surface area contributed by atoms with E-state index < -0.39 is 0 Å². The summed E-state index contributed by atoms with van der Waals surface area (Å²) in [6.07, 6.45) is 0.543. The lowest BCUT2D eigenvalue weighted by atomic mass is 10.3. The SMILES string of the molecule is Cn1c(Cc2csc(NC(=O)c3ccc(Cl)s3)n2)n[nH]c1=S. The molecule has 6 nitrogen and oxygen atoms in total. The van der Waals surface area contributed by atoms with E-state index in [2.05, 4.69) is 20.5 Å². The van der Waals surface area contributed by atoms with Gasteiger partial charge in [0.25, 0.3) is 5.91 Å². The van der Waals surface area contributed by atoms with Crippen LogP contribution in [0.15, 0.2) is 17.5 Å². The first-order chi connectivity index (χ1) is 10.5. The van der Waals surface area contributed by atoms with Gasteiger partial charge < -0.3 is 4.57 Å². The van der Waals surface area contributed by atoms with Crippen LogP contribution >= 0.6 is 46.5 Å². The number of hydrogen-bond donors (Lipinski definition) is 2. The molecule has 10 heteroatoms. The van der Waals surface area contributed by atoms with E-state index in [1.165, 1.54) is 22.7 Å². The molecular formula is C12H10ClN5OS3. The first-order valence-electron chi connectivity index (χ1n) is 6.14. The van der Waals surface area contributed by atoms with Gasteiger partial charge in [-0.25, -0.2) is 4.98 Å². The maximum absolute atomic E-state index is 12.0. The Balaban J connectivity index is 1.70. The highest BCUT2D eigenvalue weighted by atomic mass is 35.5. The van der Waals surface area contributed by atoms with Crippen molar-refractivity contribution >= 4 is 57.5 Å². The molecule has 0 fully saturated rings. The number of nitrogens with one attached hydrogen (secondary N) is 2. The molecule has 0 aromatic carbocycles. The molecule has 0 saturated heterocycles. The van der Waals surface area contributed by atoms with Gasteiger partial charge in [-0.05, 0) is 24.4 Å². The van der Waals surface area contributed by atoms with Crippen LogP contribution < -0.4 is 5.32 Å². The molecule has 0 aliphatic carbocycles. The summed E-state index contributed by atoms with van der Waals surface area (Å²) in [6.45, 7) is 0. The number of hydrogen-bond acceptors (Lipinski definition) is 6. The highest BCUT2D eigenvalue weighted by molar-refractivity contribution is 7.71. The summed E-state index contributed by atoms with van der Waals surface area (Å²) in [7, 11) is 1.84. The van der Waals surface area contributed by atoms with Crippen LogP contribution in [0.3, 0.4) is 0 Å². The third-order valence-corrected chi connectivity index (χ3v) is 5.28. The Hall–Kier alpha value is -1.55. The number of thiophene rings is 1. The second-order valence-corrected chi connectivity index (χ2v) is 7.34. The van der Waals surface area contributed by atoms with Crippen LogP contribution in [0.5, 0.6) is 0 Å². The van der Waals surface area contributed by atoms with Gasteiger partial charge in [0.1, 0.15) is 5.82 Å². The number of rotatable bonds is 4. The first-order valence-corrected chi connectivity index (χ1v) is 8.62. The van der Waals surface area contributed by atoms with E-state index in [1.807, 2.05) is 12.4 Å². The number of aromatic amines is 1. The minimum absolute atomic E-state index is 0.212. The van der Waals surface area contributed by atoms with Gasteiger partial charge in [0, 0.05) is 12.4 Å². The van der Waals surface area contributed by atoms with Crippen LogP contribution in [0, 0.1) is 4.77 Å². The third-order valence-electron chi connectivity index (χ3n) is 2.88. The molecule has 1 amide bonds. The van der Waals surface area contributed by atoms with Crippen molar-refractivity contribution in [3.8, 4) is 0 Å². The third kappa shape index (κ3) is 3.27. The molecule has 3 rings (SSSR count). The van der Waals surface area contributed by atoms with Crippen molar-refractivity contribution in [2.75, 3.05) is 5.32 Å². The zero-order valence-corrected chi connectivity index (χ0v) is 14.5. The largest absolute Gasteiger partial charge is 0.307 e. The van der Waals surface area contributed by atoms with Gasteiger partial charge in [0.2, 0.25) is 0 Å². The Labute approximate surface area is 143 Å². The predicted molar refractivity (Wildman–Crippen MR) is 90.6 cm³/mol. The van der Waals surface area contributed by atoms with Crippen molar-refractivity contribution in [2.45, 2.75) is 6.42 Å². The smallest absolute Gasteiger partial charge is 0.267 e. The topological polar surface area (TPSA) is 75.6 Å². The van der Waals surface area contributed by atoms with E-state index in [4.69, 9.17) is 23.8 Å². The minimum Gasteiger partial charge on any atom is -0.307 e. The van der Waals surface area contributed by atoms with Crippen LogP contribution in [-0.2, 0) is 13.5 Å². The molecule has 0 aliphatic heterocycles. The fraction of sp³-hybridized carbons (Fsp3) is 0.167. The Morgan fingerprint density at radius 3 is 3.00 bits per heavy atom. The van der Waals surface area contributed by atoms with Gasteiger partial charge in [-0.3, -0.25) is 15.2 Å². The summed E-state index contributed by atoms with van der Waals surface area (Å²) < 4.78 is 2.93. The quantitative estimate of drug-likeness (QED) is 0.688. The lowest BCUT2D eigenvalue weighted by Gasteiger charge is -1.98. The zero-order chi connectivity index (χ0) is 15.7. The number of aromatic nitrogens is 4. The molecule has 0 atom stereocenters. The lowest BCUT2D eigenvalue weighted by Crippen LogP contribution is -2.10. The van der Waals surface area contributed by atoms with Crippen LogP contribution in [0.2, 0.25) is 4.34 Å². The normalized spacial score (nSPS) is 10.8. The van der Waals surface area contributed by atoms with Crippen molar-refractivity contribution in [1.82, 2.24) is 19.7 Å². The number of amides is 1. The van der Waals surface area contributed by atoms with E-state index in [0.717, 1.165) is 11.5 Å². The van der Waals surface area contributed by atoms with E-state index in [9.17, 15) is 4.79 Å². The summed E-state index contributed by atoms with van der Waals surface area (Å²) in [5, 5.41) is 12.1. The first kappa shape index (κ1) is 15.3. The highest BCUT2D eigenvalue weighted by Gasteiger charge is 2.12. The van der Waals surface area contributed by atoms with Crippen LogP contribution in [0.1, 0.15) is 21.2 Å². The van der Waals surface area contributed by atoms with Gasteiger partial charge in [-0.2, -0.15) is 5.10 Å². The number of thiazole rings is 1. The lowest BCUT2D eigenvalue weighted by molar-refractivity contribution is 0.103. The molecule has 3 aromatic rings. The second kappa shape index (κ2) is 6.29. The molecule has 3 heterocycles. The molecule has 0 bridgehead atoms. The number of carbonyl (C=O) groups is 1. The maximum atomic E-state index is 12.0. The number of halogens is 1. The highest BCUT2D eigenvalue weighted by Crippen LogP contribution is 2.23. The molecular weight excluding hydrogens is 362 g/mol. The Morgan fingerprint density at radius 2 is 2.36 bits per heavy atom. The Kier molecular flexibility index (Phi) is 4.39. The standard InChI is InChI=1S/C12H10ClN5OS3/c1-18-9(16-17-12(18)20)4-6-5-21-11(14-6)15-10(19)7-2-3-8(13)22-7/h2-3,5H,4H2,1H3,(H,17,20)(H,14,15,19). The Morgan fingerprint density at radius 1 is 1.55 bits per heavy atom. The van der Waals surface area contributed by atoms with Gasteiger partial charge in [0.05, 0.1) is 21.3 Å². The Bertz CT molecular complexity index is 877. The monoisotopic (exact) mass is 371 g/mol. The molecule has 0 spiro atoms. The summed E-state index contributed by atoms with van der Waals surface area (Å²) in [5.74, 6) is 0.578. The fourth-order valence-electron chi connectivity index (χ4n) is 1.74. The average Bonchev–Trinajstić information content (AvgIpc) is 3.17. The predicted octanol–water partition coefficient (Wildman–Crippen LogP) is 3.49. The molecule has 114 valence electrons. The van der Waals surface area contributed by atoms with E-state index in [-0.39, 0.29) is 5.91 Å². The maximum Gasteiger partial charge on any atom is 0.267 e. The molecule has 2 N–H and O–H groups in total. The van der Waals surface area contributed by atoms with Crippen LogP contribution in [0.25, 0.3) is 0 Å². The molecule has 0 aliphatic rings. The fourth-order valence-corrected chi connectivity index (χ4v) is 3.53. The number of carbonyl (C=O) groups excluding carboxylic acids is 1. The van der Waals surface area contributed by atoms with Crippen molar-refractivity contribution < 1.29 is 4.79 Å². The summed E-state index contributed by atoms with van der Waals surface area (Å²) in [6, 6.07) is 3.38. The molecule has 3 aromatic heterocycles. The summed E-state index contributed by atoms with van der Waals surface area (Å²) >= 11 is 13.5. The zero-order valence-electron chi connectivity index (χ0n) is 11.3. The average molecular weight is 372 g/mol. The van der Waals surface area contributed by atoms with Crippen LogP contribution in [-0.4, -0.2) is 25.7 Å². The summed E-state index contributed by atoms with van der Waals surface area (Å²) in [4.78, 5) is 17.0.